The van der Waals surface area contributed by atoms with E-state index in [1.807, 2.05) is 0 Å². The minimum Gasteiger partial charge on any atom is -0.388 e. The van der Waals surface area contributed by atoms with Crippen LogP contribution in [0.4, 0.5) is 15.8 Å². The van der Waals surface area contributed by atoms with Gasteiger partial charge in [0.25, 0.3) is 5.91 Å². The summed E-state index contributed by atoms with van der Waals surface area (Å²) in [6, 6.07) is 7.94. The molecule has 1 aromatic heterocycles. The summed E-state index contributed by atoms with van der Waals surface area (Å²) >= 11 is 0. The van der Waals surface area contributed by atoms with Crippen LogP contribution in [0.1, 0.15) is 16.1 Å². The average molecular weight is 259 g/mol. The van der Waals surface area contributed by atoms with E-state index in [2.05, 4.69) is 15.6 Å². The Balaban J connectivity index is 2.23. The maximum Gasteiger partial charge on any atom is 0.274 e. The molecular weight excluding hydrogens is 245 g/mol. The Morgan fingerprint density at radius 2 is 2.11 bits per heavy atom. The molecule has 19 heavy (non-hydrogen) atoms. The second kappa shape index (κ2) is 5.48. The average Bonchev–Trinajstić information content (AvgIpc) is 2.44. The molecule has 98 valence electrons. The molecule has 0 bridgehead atoms. The van der Waals surface area contributed by atoms with Gasteiger partial charge in [0, 0.05) is 30.2 Å². The maximum atomic E-state index is 13.4. The van der Waals surface area contributed by atoms with Crippen molar-refractivity contribution in [1.29, 1.82) is 0 Å². The van der Waals surface area contributed by atoms with Crippen molar-refractivity contribution in [1.82, 2.24) is 4.98 Å². The van der Waals surface area contributed by atoms with Gasteiger partial charge in [-0.05, 0) is 31.2 Å². The summed E-state index contributed by atoms with van der Waals surface area (Å²) < 4.78 is 13.4. The predicted octanol–water partition coefficient (Wildman–Crippen LogP) is 2.82. The van der Waals surface area contributed by atoms with E-state index in [-0.39, 0.29) is 17.4 Å². The number of aromatic nitrogens is 1. The third-order valence-corrected chi connectivity index (χ3v) is 2.80. The topological polar surface area (TPSA) is 54.0 Å². The predicted molar refractivity (Wildman–Crippen MR) is 72.9 cm³/mol. The smallest absolute Gasteiger partial charge is 0.274 e. The van der Waals surface area contributed by atoms with E-state index in [0.29, 0.717) is 11.3 Å². The number of halogens is 1. The zero-order valence-electron chi connectivity index (χ0n) is 10.7. The van der Waals surface area contributed by atoms with Crippen molar-refractivity contribution in [2.45, 2.75) is 6.92 Å². The SMILES string of the molecule is CNc1ccnc(C(=O)Nc2cccc(F)c2C)c1. The molecule has 5 heteroatoms. The van der Waals surface area contributed by atoms with E-state index in [0.717, 1.165) is 5.69 Å². The van der Waals surface area contributed by atoms with Crippen molar-refractivity contribution in [3.63, 3.8) is 0 Å². The summed E-state index contributed by atoms with van der Waals surface area (Å²) in [6.45, 7) is 1.61. The minimum atomic E-state index is -0.370. The molecule has 1 amide bonds. The van der Waals surface area contributed by atoms with E-state index in [1.54, 1.807) is 44.4 Å². The lowest BCUT2D eigenvalue weighted by Gasteiger charge is -2.09. The number of nitrogens with one attached hydrogen (secondary N) is 2. The first-order valence-electron chi connectivity index (χ1n) is 5.82. The molecule has 0 aliphatic rings. The van der Waals surface area contributed by atoms with Crippen molar-refractivity contribution < 1.29 is 9.18 Å². The largest absolute Gasteiger partial charge is 0.388 e. The van der Waals surface area contributed by atoms with Crippen LogP contribution in [0.15, 0.2) is 36.5 Å². The van der Waals surface area contributed by atoms with Gasteiger partial charge in [0.2, 0.25) is 0 Å². The molecule has 0 saturated heterocycles. The van der Waals surface area contributed by atoms with Gasteiger partial charge in [0.05, 0.1) is 0 Å². The number of pyridine rings is 1. The number of amides is 1. The molecule has 0 fully saturated rings. The van der Waals surface area contributed by atoms with Gasteiger partial charge in [-0.2, -0.15) is 0 Å². The molecular formula is C14H14FN3O. The molecule has 0 aliphatic carbocycles. The number of rotatable bonds is 3. The number of anilines is 2. The van der Waals surface area contributed by atoms with Gasteiger partial charge in [0.15, 0.2) is 0 Å². The van der Waals surface area contributed by atoms with Crippen LogP contribution in [-0.4, -0.2) is 17.9 Å². The zero-order valence-corrected chi connectivity index (χ0v) is 10.7. The zero-order chi connectivity index (χ0) is 13.8. The van der Waals surface area contributed by atoms with Crippen molar-refractivity contribution >= 4 is 17.3 Å². The molecule has 0 spiro atoms. The molecule has 4 nitrogen and oxygen atoms in total. The Bertz CT molecular complexity index is 613. The van der Waals surface area contributed by atoms with E-state index >= 15 is 0 Å². The monoisotopic (exact) mass is 259 g/mol. The van der Waals surface area contributed by atoms with Crippen molar-refractivity contribution in [3.8, 4) is 0 Å². The number of benzene rings is 1. The van der Waals surface area contributed by atoms with Gasteiger partial charge in [-0.1, -0.05) is 6.07 Å². The first-order chi connectivity index (χ1) is 9.11. The van der Waals surface area contributed by atoms with Crippen molar-refractivity contribution in [2.75, 3.05) is 17.7 Å². The summed E-state index contributed by atoms with van der Waals surface area (Å²) in [7, 11) is 1.76. The third kappa shape index (κ3) is 2.88. The fourth-order valence-electron chi connectivity index (χ4n) is 1.64. The molecule has 0 aliphatic heterocycles. The second-order valence-electron chi connectivity index (χ2n) is 4.05. The Labute approximate surface area is 110 Å². The van der Waals surface area contributed by atoms with E-state index in [9.17, 15) is 9.18 Å². The highest BCUT2D eigenvalue weighted by atomic mass is 19.1. The molecule has 1 heterocycles. The fourth-order valence-corrected chi connectivity index (χ4v) is 1.64. The Hall–Kier alpha value is -2.43. The summed E-state index contributed by atoms with van der Waals surface area (Å²) in [5, 5.41) is 5.58. The van der Waals surface area contributed by atoms with Crippen LogP contribution in [0.3, 0.4) is 0 Å². The lowest BCUT2D eigenvalue weighted by molar-refractivity contribution is 0.102. The second-order valence-corrected chi connectivity index (χ2v) is 4.05. The van der Waals surface area contributed by atoms with Gasteiger partial charge >= 0.3 is 0 Å². The van der Waals surface area contributed by atoms with Gasteiger partial charge < -0.3 is 10.6 Å². The third-order valence-electron chi connectivity index (χ3n) is 2.80. The highest BCUT2D eigenvalue weighted by Gasteiger charge is 2.11. The molecule has 0 radical (unpaired) electrons. The van der Waals surface area contributed by atoms with Gasteiger partial charge in [-0.15, -0.1) is 0 Å². The van der Waals surface area contributed by atoms with Crippen LogP contribution < -0.4 is 10.6 Å². The van der Waals surface area contributed by atoms with Crippen LogP contribution in [0.25, 0.3) is 0 Å². The fraction of sp³-hybridized carbons (Fsp3) is 0.143. The highest BCUT2D eigenvalue weighted by molar-refractivity contribution is 6.03. The van der Waals surface area contributed by atoms with Crippen molar-refractivity contribution in [3.05, 3.63) is 53.6 Å². The van der Waals surface area contributed by atoms with E-state index < -0.39 is 0 Å². The quantitative estimate of drug-likeness (QED) is 0.891. The van der Waals surface area contributed by atoms with E-state index in [1.165, 1.54) is 6.07 Å². The van der Waals surface area contributed by atoms with Crippen LogP contribution in [0.5, 0.6) is 0 Å². The highest BCUT2D eigenvalue weighted by Crippen LogP contribution is 2.18. The molecule has 0 atom stereocenters. The Morgan fingerprint density at radius 1 is 1.32 bits per heavy atom. The number of hydrogen-bond acceptors (Lipinski definition) is 3. The Kier molecular flexibility index (Phi) is 3.75. The standard InChI is InChI=1S/C14H14FN3O/c1-9-11(15)4-3-5-12(9)18-14(19)13-8-10(16-2)6-7-17-13/h3-8H,1-2H3,(H,16,17)(H,18,19). The van der Waals surface area contributed by atoms with E-state index in [4.69, 9.17) is 0 Å². The molecule has 0 unspecified atom stereocenters. The molecule has 2 aromatic rings. The van der Waals surface area contributed by atoms with Crippen molar-refractivity contribution in [2.24, 2.45) is 0 Å². The normalized spacial score (nSPS) is 10.1. The number of hydrogen-bond donors (Lipinski definition) is 2. The maximum absolute atomic E-state index is 13.4. The summed E-state index contributed by atoms with van der Waals surface area (Å²) in [6.07, 6.45) is 1.54. The number of nitrogens with zero attached hydrogens (tertiary/aromatic N) is 1. The molecule has 0 saturated carbocycles. The molecule has 2 rings (SSSR count). The first-order valence-corrected chi connectivity index (χ1v) is 5.82. The van der Waals surface area contributed by atoms with Gasteiger partial charge in [-0.3, -0.25) is 9.78 Å². The minimum absolute atomic E-state index is 0.274. The van der Waals surface area contributed by atoms with Crippen LogP contribution in [-0.2, 0) is 0 Å². The van der Waals surface area contributed by atoms with Gasteiger partial charge in [0.1, 0.15) is 11.5 Å². The lowest BCUT2D eigenvalue weighted by Crippen LogP contribution is -2.15. The Morgan fingerprint density at radius 3 is 2.84 bits per heavy atom. The van der Waals surface area contributed by atoms with Crippen LogP contribution >= 0.6 is 0 Å². The summed E-state index contributed by atoms with van der Waals surface area (Å²) in [5.74, 6) is -0.722. The lowest BCUT2D eigenvalue weighted by atomic mass is 10.2. The summed E-state index contributed by atoms with van der Waals surface area (Å²) in [5.41, 5.74) is 1.91. The number of carbonyl (C=O) groups is 1. The first kappa shape index (κ1) is 13.0. The molecule has 2 N–H and O–H groups in total. The number of carbonyl (C=O) groups excluding carboxylic acids is 1. The van der Waals surface area contributed by atoms with Gasteiger partial charge in [-0.25, -0.2) is 4.39 Å². The van der Waals surface area contributed by atoms with Crippen LogP contribution in [0, 0.1) is 12.7 Å². The van der Waals surface area contributed by atoms with Crippen LogP contribution in [0.2, 0.25) is 0 Å². The molecule has 1 aromatic carbocycles. The summed E-state index contributed by atoms with van der Waals surface area (Å²) in [4.78, 5) is 16.0.